The van der Waals surface area contributed by atoms with Crippen LogP contribution in [-0.4, -0.2) is 10.9 Å². The number of carbonyl (C=O) groups excluding carboxylic acids is 1. The molecule has 3 rings (SSSR count). The molecule has 0 radical (unpaired) electrons. The highest BCUT2D eigenvalue weighted by molar-refractivity contribution is 7.09. The Bertz CT molecular complexity index is 752. The van der Waals surface area contributed by atoms with Crippen molar-refractivity contribution >= 4 is 22.9 Å². The third-order valence-corrected chi connectivity index (χ3v) is 4.15. The standard InChI is InChI=1S/C15H12F3N3OS/c1-9-19-12(8-23-9)14-20-13(22)6-7-21(14)11-4-2-10(3-5-11)15(16,17)18/h2-8,14H,1H3,(H,20,22). The van der Waals surface area contributed by atoms with E-state index in [1.807, 2.05) is 12.3 Å². The van der Waals surface area contributed by atoms with Gasteiger partial charge in [0.25, 0.3) is 0 Å². The van der Waals surface area contributed by atoms with E-state index >= 15 is 0 Å². The molecule has 0 bridgehead atoms. The molecule has 1 amide bonds. The predicted octanol–water partition coefficient (Wildman–Crippen LogP) is 3.62. The molecule has 0 fully saturated rings. The van der Waals surface area contributed by atoms with E-state index in [1.54, 1.807) is 11.1 Å². The number of nitrogens with zero attached hydrogens (tertiary/aromatic N) is 2. The maximum Gasteiger partial charge on any atom is 0.416 e. The first-order valence-electron chi connectivity index (χ1n) is 6.71. The average Bonchev–Trinajstić information content (AvgIpc) is 2.93. The van der Waals surface area contributed by atoms with Crippen molar-refractivity contribution in [2.45, 2.75) is 19.3 Å². The molecule has 4 nitrogen and oxygen atoms in total. The molecule has 1 aromatic carbocycles. The molecule has 1 N–H and O–H groups in total. The molecule has 0 saturated carbocycles. The molecular weight excluding hydrogens is 327 g/mol. The van der Waals surface area contributed by atoms with Gasteiger partial charge >= 0.3 is 6.18 Å². The summed E-state index contributed by atoms with van der Waals surface area (Å²) in [7, 11) is 0. The Hall–Kier alpha value is -2.35. The quantitative estimate of drug-likeness (QED) is 0.909. The van der Waals surface area contributed by atoms with Gasteiger partial charge in [-0.15, -0.1) is 11.3 Å². The summed E-state index contributed by atoms with van der Waals surface area (Å²) in [5.41, 5.74) is 0.460. The highest BCUT2D eigenvalue weighted by Gasteiger charge is 2.31. The van der Waals surface area contributed by atoms with Gasteiger partial charge in [-0.3, -0.25) is 4.79 Å². The Morgan fingerprint density at radius 2 is 1.96 bits per heavy atom. The summed E-state index contributed by atoms with van der Waals surface area (Å²) in [6.45, 7) is 1.84. The Kier molecular flexibility index (Phi) is 3.85. The normalized spacial score (nSPS) is 18.2. The number of rotatable bonds is 2. The third kappa shape index (κ3) is 3.21. The van der Waals surface area contributed by atoms with Crippen LogP contribution in [0.25, 0.3) is 0 Å². The number of halogens is 3. The van der Waals surface area contributed by atoms with E-state index < -0.39 is 17.9 Å². The molecule has 2 heterocycles. The fourth-order valence-electron chi connectivity index (χ4n) is 2.27. The summed E-state index contributed by atoms with van der Waals surface area (Å²) in [6, 6.07) is 4.78. The lowest BCUT2D eigenvalue weighted by molar-refractivity contribution is -0.137. The third-order valence-electron chi connectivity index (χ3n) is 3.35. The maximum absolute atomic E-state index is 12.7. The van der Waals surface area contributed by atoms with Gasteiger partial charge in [0.2, 0.25) is 5.91 Å². The summed E-state index contributed by atoms with van der Waals surface area (Å²) >= 11 is 1.44. The number of carbonyl (C=O) groups is 1. The van der Waals surface area contributed by atoms with Crippen LogP contribution >= 0.6 is 11.3 Å². The lowest BCUT2D eigenvalue weighted by Gasteiger charge is -2.32. The van der Waals surface area contributed by atoms with E-state index in [0.717, 1.165) is 17.1 Å². The Morgan fingerprint density at radius 3 is 2.52 bits per heavy atom. The summed E-state index contributed by atoms with van der Waals surface area (Å²) in [6.07, 6.45) is -2.06. The second-order valence-corrected chi connectivity index (χ2v) is 6.03. The number of hydrogen-bond donors (Lipinski definition) is 1. The lowest BCUT2D eigenvalue weighted by Crippen LogP contribution is -2.42. The van der Waals surface area contributed by atoms with Crippen LogP contribution in [0.1, 0.15) is 22.4 Å². The van der Waals surface area contributed by atoms with Gasteiger partial charge in [-0.2, -0.15) is 13.2 Å². The van der Waals surface area contributed by atoms with Crippen molar-refractivity contribution in [3.05, 3.63) is 58.2 Å². The van der Waals surface area contributed by atoms with Crippen LogP contribution in [0, 0.1) is 6.92 Å². The number of aromatic nitrogens is 1. The molecule has 8 heteroatoms. The van der Waals surface area contributed by atoms with Gasteiger partial charge in [0.05, 0.1) is 16.3 Å². The number of aryl methyl sites for hydroxylation is 1. The van der Waals surface area contributed by atoms with Gasteiger partial charge in [-0.05, 0) is 31.2 Å². The average molecular weight is 339 g/mol. The zero-order chi connectivity index (χ0) is 16.6. The van der Waals surface area contributed by atoms with Gasteiger partial charge in [-0.1, -0.05) is 0 Å². The Morgan fingerprint density at radius 1 is 1.26 bits per heavy atom. The minimum atomic E-state index is -4.38. The molecule has 1 atom stereocenters. The van der Waals surface area contributed by atoms with Crippen LogP contribution in [-0.2, 0) is 11.0 Å². The lowest BCUT2D eigenvalue weighted by atomic mass is 10.1. The molecule has 0 spiro atoms. The molecule has 120 valence electrons. The number of amides is 1. The summed E-state index contributed by atoms with van der Waals surface area (Å²) in [5, 5.41) is 5.42. The van der Waals surface area contributed by atoms with E-state index in [4.69, 9.17) is 0 Å². The zero-order valence-electron chi connectivity index (χ0n) is 12.0. The first kappa shape index (κ1) is 15.5. The van der Waals surface area contributed by atoms with Gasteiger partial charge in [0.1, 0.15) is 6.17 Å². The number of anilines is 1. The minimum absolute atomic E-state index is 0.274. The van der Waals surface area contributed by atoms with Crippen molar-refractivity contribution in [1.29, 1.82) is 0 Å². The van der Waals surface area contributed by atoms with Crippen LogP contribution in [0.4, 0.5) is 18.9 Å². The van der Waals surface area contributed by atoms with Crippen LogP contribution in [0.3, 0.4) is 0 Å². The van der Waals surface area contributed by atoms with E-state index in [0.29, 0.717) is 11.4 Å². The van der Waals surface area contributed by atoms with Crippen molar-refractivity contribution in [3.63, 3.8) is 0 Å². The topological polar surface area (TPSA) is 45.2 Å². The fourth-order valence-corrected chi connectivity index (χ4v) is 2.90. The monoisotopic (exact) mass is 339 g/mol. The first-order chi connectivity index (χ1) is 10.8. The van der Waals surface area contributed by atoms with Gasteiger partial charge in [-0.25, -0.2) is 4.98 Å². The van der Waals surface area contributed by atoms with Crippen molar-refractivity contribution in [2.75, 3.05) is 4.90 Å². The van der Waals surface area contributed by atoms with Crippen LogP contribution < -0.4 is 10.2 Å². The second kappa shape index (κ2) is 5.69. The Labute approximate surface area is 134 Å². The number of hydrogen-bond acceptors (Lipinski definition) is 4. The van der Waals surface area contributed by atoms with E-state index in [1.165, 1.54) is 29.5 Å². The molecule has 23 heavy (non-hydrogen) atoms. The van der Waals surface area contributed by atoms with Crippen molar-refractivity contribution < 1.29 is 18.0 Å². The van der Waals surface area contributed by atoms with Crippen molar-refractivity contribution in [1.82, 2.24) is 10.3 Å². The number of thiazole rings is 1. The number of nitrogens with one attached hydrogen (secondary N) is 1. The first-order valence-corrected chi connectivity index (χ1v) is 7.59. The molecule has 0 aliphatic carbocycles. The highest BCUT2D eigenvalue weighted by atomic mass is 32.1. The largest absolute Gasteiger partial charge is 0.416 e. The summed E-state index contributed by atoms with van der Waals surface area (Å²) < 4.78 is 38.0. The number of alkyl halides is 3. The molecular formula is C15H12F3N3OS. The van der Waals surface area contributed by atoms with E-state index in [2.05, 4.69) is 10.3 Å². The maximum atomic E-state index is 12.7. The summed E-state index contributed by atoms with van der Waals surface area (Å²) in [4.78, 5) is 17.6. The molecule has 2 aromatic rings. The van der Waals surface area contributed by atoms with Crippen LogP contribution in [0.2, 0.25) is 0 Å². The molecule has 0 saturated heterocycles. The van der Waals surface area contributed by atoms with Gasteiger partial charge in [0.15, 0.2) is 0 Å². The molecule has 1 aliphatic heterocycles. The van der Waals surface area contributed by atoms with Gasteiger partial charge in [0, 0.05) is 23.3 Å². The Balaban J connectivity index is 1.95. The molecule has 1 aliphatic rings. The second-order valence-electron chi connectivity index (χ2n) is 4.97. The van der Waals surface area contributed by atoms with Crippen LogP contribution in [0.15, 0.2) is 41.9 Å². The van der Waals surface area contributed by atoms with E-state index in [-0.39, 0.29) is 5.91 Å². The highest BCUT2D eigenvalue weighted by Crippen LogP contribution is 2.33. The zero-order valence-corrected chi connectivity index (χ0v) is 12.8. The summed E-state index contributed by atoms with van der Waals surface area (Å²) in [5.74, 6) is -0.274. The fraction of sp³-hybridized carbons (Fsp3) is 0.200. The van der Waals surface area contributed by atoms with Crippen LogP contribution in [0.5, 0.6) is 0 Å². The molecule has 1 unspecified atom stereocenters. The smallest absolute Gasteiger partial charge is 0.327 e. The van der Waals surface area contributed by atoms with Gasteiger partial charge < -0.3 is 10.2 Å². The van der Waals surface area contributed by atoms with Crippen molar-refractivity contribution in [3.8, 4) is 0 Å². The van der Waals surface area contributed by atoms with E-state index in [9.17, 15) is 18.0 Å². The number of benzene rings is 1. The predicted molar refractivity (Wildman–Crippen MR) is 80.8 cm³/mol. The van der Waals surface area contributed by atoms with Crippen molar-refractivity contribution in [2.24, 2.45) is 0 Å². The minimum Gasteiger partial charge on any atom is -0.327 e. The molecule has 1 aromatic heterocycles. The SMILES string of the molecule is Cc1nc(C2NC(=O)C=CN2c2ccc(C(F)(F)F)cc2)cs1.